The molecule has 3 rings (SSSR count). The molecule has 19 heavy (non-hydrogen) atoms. The van der Waals surface area contributed by atoms with Gasteiger partial charge in [-0.05, 0) is 44.8 Å². The van der Waals surface area contributed by atoms with Crippen LogP contribution in [-0.4, -0.2) is 24.5 Å². The van der Waals surface area contributed by atoms with Crippen molar-refractivity contribution >= 4 is 0 Å². The van der Waals surface area contributed by atoms with Crippen LogP contribution in [0.4, 0.5) is 0 Å². The number of hydrogen-bond donors (Lipinski definition) is 0. The van der Waals surface area contributed by atoms with E-state index in [1.807, 2.05) is 0 Å². The summed E-state index contributed by atoms with van der Waals surface area (Å²) in [5.74, 6) is 0. The second-order valence-electron chi connectivity index (χ2n) is 6.58. The highest BCUT2D eigenvalue weighted by molar-refractivity contribution is 5.29. The van der Waals surface area contributed by atoms with Crippen LogP contribution >= 0.6 is 0 Å². The molecule has 2 fully saturated rings. The Hall–Kier alpha value is -0.820. The van der Waals surface area contributed by atoms with Gasteiger partial charge in [0.2, 0.25) is 0 Å². The zero-order valence-corrected chi connectivity index (χ0v) is 12.3. The average molecular weight is 257 g/mol. The summed E-state index contributed by atoms with van der Waals surface area (Å²) >= 11 is 0. The molecule has 0 N–H and O–H groups in total. The number of rotatable bonds is 2. The molecule has 1 unspecified atom stereocenters. The third-order valence-corrected chi connectivity index (χ3v) is 5.50. The number of nitrogens with zero attached hydrogens (tertiary/aromatic N) is 1. The Morgan fingerprint density at radius 1 is 0.947 bits per heavy atom. The van der Waals surface area contributed by atoms with Crippen LogP contribution < -0.4 is 0 Å². The standard InChI is InChI=1S/C18H27N/c1-19-15-9-6-12-17(19)18(13-7-3-8-14-18)16-10-4-2-5-11-16/h2,4-5,10-11,17H,3,6-9,12-15H2,1H3. The Morgan fingerprint density at radius 2 is 1.68 bits per heavy atom. The Kier molecular flexibility index (Phi) is 3.93. The van der Waals surface area contributed by atoms with E-state index >= 15 is 0 Å². The van der Waals surface area contributed by atoms with Crippen molar-refractivity contribution in [2.75, 3.05) is 13.6 Å². The average Bonchev–Trinajstić information content (AvgIpc) is 2.49. The number of likely N-dealkylation sites (tertiary alicyclic amines) is 1. The lowest BCUT2D eigenvalue weighted by Gasteiger charge is -2.50. The molecule has 1 aromatic carbocycles. The minimum Gasteiger partial charge on any atom is -0.303 e. The van der Waals surface area contributed by atoms with Crippen LogP contribution in [0.25, 0.3) is 0 Å². The molecule has 1 aliphatic heterocycles. The number of hydrogen-bond acceptors (Lipinski definition) is 1. The molecule has 1 atom stereocenters. The number of benzene rings is 1. The van der Waals surface area contributed by atoms with Crippen molar-refractivity contribution in [3.05, 3.63) is 35.9 Å². The maximum Gasteiger partial charge on any atom is 0.0189 e. The van der Waals surface area contributed by atoms with E-state index < -0.39 is 0 Å². The third kappa shape index (κ3) is 2.45. The third-order valence-electron chi connectivity index (χ3n) is 5.50. The van der Waals surface area contributed by atoms with Gasteiger partial charge in [0, 0.05) is 11.5 Å². The van der Waals surface area contributed by atoms with Crippen LogP contribution in [0.15, 0.2) is 30.3 Å². The first-order valence-electron chi connectivity index (χ1n) is 8.09. The minimum absolute atomic E-state index is 0.439. The maximum absolute atomic E-state index is 2.65. The molecule has 1 aliphatic carbocycles. The molecular formula is C18H27N. The van der Waals surface area contributed by atoms with Crippen LogP contribution in [0.2, 0.25) is 0 Å². The molecule has 104 valence electrons. The summed E-state index contributed by atoms with van der Waals surface area (Å²) < 4.78 is 0. The van der Waals surface area contributed by atoms with Crippen molar-refractivity contribution in [1.29, 1.82) is 0 Å². The smallest absolute Gasteiger partial charge is 0.0189 e. The highest BCUT2D eigenvalue weighted by Crippen LogP contribution is 2.46. The van der Waals surface area contributed by atoms with E-state index in [2.05, 4.69) is 42.3 Å². The monoisotopic (exact) mass is 257 g/mol. The van der Waals surface area contributed by atoms with Gasteiger partial charge in [-0.25, -0.2) is 0 Å². The molecule has 1 heterocycles. The fraction of sp³-hybridized carbons (Fsp3) is 0.667. The van der Waals surface area contributed by atoms with Gasteiger partial charge in [0.15, 0.2) is 0 Å². The van der Waals surface area contributed by atoms with Crippen LogP contribution in [-0.2, 0) is 5.41 Å². The van der Waals surface area contributed by atoms with E-state index in [0.717, 1.165) is 6.04 Å². The Balaban J connectivity index is 1.96. The molecule has 0 amide bonds. The fourth-order valence-electron chi connectivity index (χ4n) is 4.54. The molecule has 1 saturated heterocycles. The van der Waals surface area contributed by atoms with E-state index in [0.29, 0.717) is 5.41 Å². The first-order chi connectivity index (χ1) is 9.33. The summed E-state index contributed by atoms with van der Waals surface area (Å²) in [5, 5.41) is 0. The van der Waals surface area contributed by atoms with Crippen molar-refractivity contribution in [3.8, 4) is 0 Å². The summed E-state index contributed by atoms with van der Waals surface area (Å²) in [6.07, 6.45) is 11.3. The highest BCUT2D eigenvalue weighted by atomic mass is 15.1. The molecule has 1 heteroatoms. The lowest BCUT2D eigenvalue weighted by molar-refractivity contribution is 0.0769. The Bertz CT molecular complexity index is 391. The largest absolute Gasteiger partial charge is 0.303 e. The zero-order valence-electron chi connectivity index (χ0n) is 12.3. The summed E-state index contributed by atoms with van der Waals surface area (Å²) in [7, 11) is 2.35. The predicted molar refractivity (Wildman–Crippen MR) is 81.5 cm³/mol. The lowest BCUT2D eigenvalue weighted by Crippen LogP contribution is -2.52. The first kappa shape index (κ1) is 13.2. The second kappa shape index (κ2) is 5.66. The van der Waals surface area contributed by atoms with Gasteiger partial charge in [-0.1, -0.05) is 56.0 Å². The van der Waals surface area contributed by atoms with Crippen molar-refractivity contribution < 1.29 is 0 Å². The van der Waals surface area contributed by atoms with Crippen molar-refractivity contribution in [2.24, 2.45) is 0 Å². The maximum atomic E-state index is 2.65. The van der Waals surface area contributed by atoms with Crippen LogP contribution in [0.5, 0.6) is 0 Å². The summed E-state index contributed by atoms with van der Waals surface area (Å²) in [5.41, 5.74) is 2.04. The molecule has 2 aliphatic rings. The Labute approximate surface area is 118 Å². The molecular weight excluding hydrogens is 230 g/mol. The van der Waals surface area contributed by atoms with Crippen LogP contribution in [0, 0.1) is 0 Å². The van der Waals surface area contributed by atoms with Crippen LogP contribution in [0.1, 0.15) is 56.9 Å². The van der Waals surface area contributed by atoms with Crippen molar-refractivity contribution in [2.45, 2.75) is 62.8 Å². The second-order valence-corrected chi connectivity index (χ2v) is 6.58. The number of likely N-dealkylation sites (N-methyl/N-ethyl adjacent to an activating group) is 1. The quantitative estimate of drug-likeness (QED) is 0.760. The van der Waals surface area contributed by atoms with Gasteiger partial charge in [0.25, 0.3) is 0 Å². The summed E-state index contributed by atoms with van der Waals surface area (Å²) in [6, 6.07) is 12.2. The van der Waals surface area contributed by atoms with Crippen molar-refractivity contribution in [1.82, 2.24) is 4.90 Å². The van der Waals surface area contributed by atoms with E-state index in [4.69, 9.17) is 0 Å². The van der Waals surface area contributed by atoms with Gasteiger partial charge < -0.3 is 4.90 Å². The topological polar surface area (TPSA) is 3.24 Å². The molecule has 1 saturated carbocycles. The first-order valence-corrected chi connectivity index (χ1v) is 8.09. The summed E-state index contributed by atoms with van der Waals surface area (Å²) in [6.45, 7) is 1.29. The normalized spacial score (nSPS) is 28.2. The van der Waals surface area contributed by atoms with Gasteiger partial charge in [-0.15, -0.1) is 0 Å². The lowest BCUT2D eigenvalue weighted by atomic mass is 9.63. The molecule has 0 aromatic heterocycles. The molecule has 0 spiro atoms. The zero-order chi connectivity index (χ0) is 13.1. The molecule has 0 radical (unpaired) electrons. The Morgan fingerprint density at radius 3 is 2.37 bits per heavy atom. The number of piperidine rings is 1. The van der Waals surface area contributed by atoms with Gasteiger partial charge in [-0.3, -0.25) is 0 Å². The van der Waals surface area contributed by atoms with E-state index in [1.165, 1.54) is 57.9 Å². The van der Waals surface area contributed by atoms with Gasteiger partial charge in [0.1, 0.15) is 0 Å². The van der Waals surface area contributed by atoms with Gasteiger partial charge in [0.05, 0.1) is 0 Å². The van der Waals surface area contributed by atoms with Gasteiger partial charge in [-0.2, -0.15) is 0 Å². The van der Waals surface area contributed by atoms with Crippen molar-refractivity contribution in [3.63, 3.8) is 0 Å². The van der Waals surface area contributed by atoms with E-state index in [-0.39, 0.29) is 0 Å². The minimum atomic E-state index is 0.439. The summed E-state index contributed by atoms with van der Waals surface area (Å²) in [4.78, 5) is 2.65. The predicted octanol–water partition coefficient (Wildman–Crippen LogP) is 4.37. The van der Waals surface area contributed by atoms with E-state index in [1.54, 1.807) is 5.56 Å². The van der Waals surface area contributed by atoms with E-state index in [9.17, 15) is 0 Å². The SMILES string of the molecule is CN1CCCCC1C1(c2ccccc2)CCCCC1. The molecule has 0 bridgehead atoms. The molecule has 1 nitrogen and oxygen atoms in total. The molecule has 1 aromatic rings. The highest BCUT2D eigenvalue weighted by Gasteiger charge is 2.43. The van der Waals surface area contributed by atoms with Gasteiger partial charge >= 0.3 is 0 Å². The fourth-order valence-corrected chi connectivity index (χ4v) is 4.54. The van der Waals surface area contributed by atoms with Crippen LogP contribution in [0.3, 0.4) is 0 Å².